The summed E-state index contributed by atoms with van der Waals surface area (Å²) in [6, 6.07) is 5.46. The third kappa shape index (κ3) is 2.25. The number of methoxy groups -OCH3 is 1. The Morgan fingerprint density at radius 3 is 2.80 bits per heavy atom. The minimum atomic E-state index is -0.641. The molecule has 1 aromatic carbocycles. The number of β-amino-alcohol motifs (C(OH)–C–C–N with tert-alkyl or cyclic N) is 1. The van der Waals surface area contributed by atoms with E-state index >= 15 is 0 Å². The molecule has 0 unspecified atom stereocenters. The number of aliphatic hydroxyl groups is 1. The second-order valence-corrected chi connectivity index (χ2v) is 4.40. The lowest BCUT2D eigenvalue weighted by molar-refractivity contribution is -0.00942. The number of hydrogen-bond donors (Lipinski definition) is 2. The van der Waals surface area contributed by atoms with Crippen LogP contribution in [0.15, 0.2) is 18.2 Å². The number of nitrogens with one attached hydrogen (secondary N) is 1. The highest BCUT2D eigenvalue weighted by molar-refractivity contribution is 6.30. The van der Waals surface area contributed by atoms with E-state index in [-0.39, 0.29) is 0 Å². The maximum atomic E-state index is 10.0. The Morgan fingerprint density at radius 1 is 1.53 bits per heavy atom. The third-order valence-corrected chi connectivity index (χ3v) is 2.91. The van der Waals surface area contributed by atoms with E-state index in [0.717, 1.165) is 11.3 Å². The molecule has 1 fully saturated rings. The highest BCUT2D eigenvalue weighted by Crippen LogP contribution is 2.27. The Balaban J connectivity index is 2.21. The quantitative estimate of drug-likeness (QED) is 0.816. The van der Waals surface area contributed by atoms with Gasteiger partial charge in [0.1, 0.15) is 5.75 Å². The number of rotatable bonds is 3. The molecule has 0 bridgehead atoms. The summed E-state index contributed by atoms with van der Waals surface area (Å²) in [4.78, 5) is 0. The zero-order chi connectivity index (χ0) is 10.9. The summed E-state index contributed by atoms with van der Waals surface area (Å²) in [5.41, 5.74) is 0.312. The molecule has 3 nitrogen and oxygen atoms in total. The summed E-state index contributed by atoms with van der Waals surface area (Å²) in [6.07, 6.45) is 0.573. The molecule has 0 aliphatic carbocycles. The van der Waals surface area contributed by atoms with Gasteiger partial charge in [0, 0.05) is 24.5 Å². The number of benzene rings is 1. The van der Waals surface area contributed by atoms with Crippen LogP contribution in [-0.2, 0) is 6.42 Å². The highest BCUT2D eigenvalue weighted by Gasteiger charge is 2.35. The van der Waals surface area contributed by atoms with Crippen molar-refractivity contribution in [3.8, 4) is 5.75 Å². The summed E-state index contributed by atoms with van der Waals surface area (Å²) < 4.78 is 5.22. The molecule has 0 saturated carbocycles. The zero-order valence-electron chi connectivity index (χ0n) is 8.59. The van der Waals surface area contributed by atoms with Crippen LogP contribution in [0.1, 0.15) is 5.56 Å². The number of ether oxygens (including phenoxy) is 1. The molecule has 2 rings (SSSR count). The van der Waals surface area contributed by atoms with Crippen LogP contribution >= 0.6 is 11.6 Å². The fourth-order valence-electron chi connectivity index (χ4n) is 1.78. The van der Waals surface area contributed by atoms with Crippen LogP contribution in [0.25, 0.3) is 0 Å². The summed E-state index contributed by atoms with van der Waals surface area (Å²) in [6.45, 7) is 1.26. The van der Waals surface area contributed by atoms with Gasteiger partial charge in [0.25, 0.3) is 0 Å². The Hall–Kier alpha value is -0.770. The average Bonchev–Trinajstić information content (AvgIpc) is 2.16. The summed E-state index contributed by atoms with van der Waals surface area (Å²) in [5.74, 6) is 0.778. The maximum absolute atomic E-state index is 10.0. The van der Waals surface area contributed by atoms with Gasteiger partial charge in [-0.05, 0) is 23.8 Å². The molecule has 0 atom stereocenters. The minimum Gasteiger partial charge on any atom is -0.496 e. The topological polar surface area (TPSA) is 41.5 Å². The van der Waals surface area contributed by atoms with Crippen LogP contribution in [0, 0.1) is 0 Å². The predicted molar refractivity (Wildman–Crippen MR) is 59.5 cm³/mol. The first-order chi connectivity index (χ1) is 7.13. The Kier molecular flexibility index (Phi) is 2.87. The van der Waals surface area contributed by atoms with Gasteiger partial charge in [0.15, 0.2) is 0 Å². The normalized spacial score (nSPS) is 18.3. The van der Waals surface area contributed by atoms with Crippen molar-refractivity contribution in [3.63, 3.8) is 0 Å². The lowest BCUT2D eigenvalue weighted by Crippen LogP contribution is -2.60. The lowest BCUT2D eigenvalue weighted by atomic mass is 9.89. The number of hydrogen-bond acceptors (Lipinski definition) is 3. The van der Waals surface area contributed by atoms with Crippen molar-refractivity contribution in [3.05, 3.63) is 28.8 Å². The molecule has 0 radical (unpaired) electrons. The molecule has 0 amide bonds. The number of halogens is 1. The Bertz CT molecular complexity index is 364. The van der Waals surface area contributed by atoms with Crippen molar-refractivity contribution in [2.24, 2.45) is 0 Å². The van der Waals surface area contributed by atoms with E-state index in [0.29, 0.717) is 24.5 Å². The second kappa shape index (κ2) is 4.00. The van der Waals surface area contributed by atoms with Gasteiger partial charge in [-0.2, -0.15) is 0 Å². The van der Waals surface area contributed by atoms with Gasteiger partial charge in [0.2, 0.25) is 0 Å². The molecule has 0 spiro atoms. The van der Waals surface area contributed by atoms with Gasteiger partial charge in [-0.15, -0.1) is 0 Å². The standard InChI is InChI=1S/C11H14ClNO2/c1-15-10-3-2-9(12)4-8(10)5-11(14)6-13-7-11/h2-4,13-14H,5-7H2,1H3. The molecular weight excluding hydrogens is 214 g/mol. The van der Waals surface area contributed by atoms with Crippen LogP contribution in [0.5, 0.6) is 5.75 Å². The van der Waals surface area contributed by atoms with E-state index in [1.807, 2.05) is 12.1 Å². The molecule has 1 aliphatic heterocycles. The van der Waals surface area contributed by atoms with Gasteiger partial charge in [-0.25, -0.2) is 0 Å². The Morgan fingerprint density at radius 2 is 2.27 bits per heavy atom. The smallest absolute Gasteiger partial charge is 0.122 e. The molecule has 1 heterocycles. The van der Waals surface area contributed by atoms with E-state index in [2.05, 4.69) is 5.32 Å². The highest BCUT2D eigenvalue weighted by atomic mass is 35.5. The minimum absolute atomic E-state index is 0.573. The van der Waals surface area contributed by atoms with Crippen LogP contribution in [0.3, 0.4) is 0 Å². The van der Waals surface area contributed by atoms with Crippen LogP contribution < -0.4 is 10.1 Å². The van der Waals surface area contributed by atoms with Crippen LogP contribution in [0.2, 0.25) is 5.02 Å². The van der Waals surface area contributed by atoms with Crippen molar-refractivity contribution in [2.45, 2.75) is 12.0 Å². The van der Waals surface area contributed by atoms with E-state index in [1.165, 1.54) is 0 Å². The van der Waals surface area contributed by atoms with Gasteiger partial charge < -0.3 is 15.2 Å². The molecule has 1 saturated heterocycles. The SMILES string of the molecule is COc1ccc(Cl)cc1CC1(O)CNC1. The average molecular weight is 228 g/mol. The van der Waals surface area contributed by atoms with E-state index in [1.54, 1.807) is 13.2 Å². The fourth-order valence-corrected chi connectivity index (χ4v) is 1.97. The summed E-state index contributed by atoms with van der Waals surface area (Å²) in [5, 5.41) is 13.7. The molecule has 0 aromatic heterocycles. The Labute approximate surface area is 94.0 Å². The van der Waals surface area contributed by atoms with E-state index in [9.17, 15) is 5.11 Å². The van der Waals surface area contributed by atoms with Crippen molar-refractivity contribution >= 4 is 11.6 Å². The van der Waals surface area contributed by atoms with Gasteiger partial charge >= 0.3 is 0 Å². The first-order valence-corrected chi connectivity index (χ1v) is 5.26. The van der Waals surface area contributed by atoms with Crippen molar-refractivity contribution in [1.82, 2.24) is 5.32 Å². The van der Waals surface area contributed by atoms with Gasteiger partial charge in [-0.1, -0.05) is 11.6 Å². The molecule has 4 heteroatoms. The third-order valence-electron chi connectivity index (χ3n) is 2.67. The first kappa shape index (κ1) is 10.7. The van der Waals surface area contributed by atoms with Gasteiger partial charge in [-0.3, -0.25) is 0 Å². The largest absolute Gasteiger partial charge is 0.496 e. The second-order valence-electron chi connectivity index (χ2n) is 3.96. The summed E-state index contributed by atoms with van der Waals surface area (Å²) >= 11 is 5.91. The van der Waals surface area contributed by atoms with E-state index in [4.69, 9.17) is 16.3 Å². The fraction of sp³-hybridized carbons (Fsp3) is 0.455. The molecular formula is C11H14ClNO2. The first-order valence-electron chi connectivity index (χ1n) is 4.88. The molecule has 2 N–H and O–H groups in total. The van der Waals surface area contributed by atoms with Crippen molar-refractivity contribution in [1.29, 1.82) is 0 Å². The van der Waals surface area contributed by atoms with Gasteiger partial charge in [0.05, 0.1) is 12.7 Å². The van der Waals surface area contributed by atoms with Crippen LogP contribution in [0.4, 0.5) is 0 Å². The van der Waals surface area contributed by atoms with Crippen molar-refractivity contribution < 1.29 is 9.84 Å². The molecule has 1 aromatic rings. The molecule has 1 aliphatic rings. The summed E-state index contributed by atoms with van der Waals surface area (Å²) in [7, 11) is 1.62. The molecule has 15 heavy (non-hydrogen) atoms. The van der Waals surface area contributed by atoms with Crippen LogP contribution in [-0.4, -0.2) is 30.9 Å². The molecule has 82 valence electrons. The monoisotopic (exact) mass is 227 g/mol. The predicted octanol–water partition coefficient (Wildman–Crippen LogP) is 1.23. The van der Waals surface area contributed by atoms with E-state index < -0.39 is 5.60 Å². The maximum Gasteiger partial charge on any atom is 0.122 e. The van der Waals surface area contributed by atoms with Crippen molar-refractivity contribution in [2.75, 3.05) is 20.2 Å². The zero-order valence-corrected chi connectivity index (χ0v) is 9.34. The lowest BCUT2D eigenvalue weighted by Gasteiger charge is -2.38.